The summed E-state index contributed by atoms with van der Waals surface area (Å²) in [7, 11) is 0. The van der Waals surface area contributed by atoms with E-state index in [4.69, 9.17) is 11.6 Å². The molecule has 2 amide bonds. The van der Waals surface area contributed by atoms with E-state index in [1.54, 1.807) is 24.3 Å². The highest BCUT2D eigenvalue weighted by Crippen LogP contribution is 2.26. The van der Waals surface area contributed by atoms with Crippen molar-refractivity contribution in [2.75, 3.05) is 26.2 Å². The van der Waals surface area contributed by atoms with Gasteiger partial charge in [0, 0.05) is 36.3 Å². The molecule has 1 saturated heterocycles. The van der Waals surface area contributed by atoms with E-state index >= 15 is 0 Å². The van der Waals surface area contributed by atoms with Gasteiger partial charge in [0.1, 0.15) is 0 Å². The fourth-order valence-corrected chi connectivity index (χ4v) is 4.18. The van der Waals surface area contributed by atoms with Gasteiger partial charge < -0.3 is 15.5 Å². The second-order valence-electron chi connectivity index (χ2n) is 7.49. The molecule has 1 saturated carbocycles. The van der Waals surface area contributed by atoms with Crippen LogP contribution in [0.1, 0.15) is 48.9 Å². The molecule has 1 aromatic carbocycles. The number of piperidine rings is 1. The molecule has 3 rings (SSSR count). The van der Waals surface area contributed by atoms with Crippen LogP contribution < -0.4 is 10.6 Å². The van der Waals surface area contributed by atoms with Crippen molar-refractivity contribution in [3.05, 3.63) is 34.9 Å². The van der Waals surface area contributed by atoms with Crippen molar-refractivity contribution in [1.29, 1.82) is 0 Å². The van der Waals surface area contributed by atoms with E-state index in [0.29, 0.717) is 10.6 Å². The Balaban J connectivity index is 1.34. The minimum atomic E-state index is -0.283. The molecule has 1 aromatic rings. The van der Waals surface area contributed by atoms with Gasteiger partial charge in [0.15, 0.2) is 0 Å². The molecule has 26 heavy (non-hydrogen) atoms. The molecule has 0 bridgehead atoms. The molecule has 0 radical (unpaired) electrons. The summed E-state index contributed by atoms with van der Waals surface area (Å²) in [6.07, 6.45) is 7.50. The maximum atomic E-state index is 12.1. The van der Waals surface area contributed by atoms with E-state index in [2.05, 4.69) is 15.5 Å². The van der Waals surface area contributed by atoms with E-state index < -0.39 is 0 Å². The quantitative estimate of drug-likeness (QED) is 0.801. The fourth-order valence-electron chi connectivity index (χ4n) is 3.99. The lowest BCUT2D eigenvalue weighted by Crippen LogP contribution is -2.48. The first-order chi connectivity index (χ1) is 12.6. The van der Waals surface area contributed by atoms with E-state index in [9.17, 15) is 9.59 Å². The molecular weight excluding hydrogens is 350 g/mol. The zero-order chi connectivity index (χ0) is 18.4. The standard InChI is InChI=1S/C20H28ClN3O2/c21-17-7-3-6-16(12-17)20(26)22-13-19(25)23-18-8-10-24(11-9-18)14-15-4-1-2-5-15/h3,6-7,12,15,18H,1-2,4-5,8-11,13-14H2,(H,22,26)(H,23,25). The van der Waals surface area contributed by atoms with Gasteiger partial charge in [-0.25, -0.2) is 0 Å². The van der Waals surface area contributed by atoms with Crippen LogP contribution in [0.5, 0.6) is 0 Å². The predicted molar refractivity (Wildman–Crippen MR) is 103 cm³/mol. The Hall–Kier alpha value is -1.59. The van der Waals surface area contributed by atoms with Gasteiger partial charge in [-0.3, -0.25) is 9.59 Å². The monoisotopic (exact) mass is 377 g/mol. The van der Waals surface area contributed by atoms with Crippen LogP contribution >= 0.6 is 11.6 Å². The van der Waals surface area contributed by atoms with Gasteiger partial charge in [-0.1, -0.05) is 30.5 Å². The molecule has 1 heterocycles. The van der Waals surface area contributed by atoms with Crippen LogP contribution in [0.15, 0.2) is 24.3 Å². The van der Waals surface area contributed by atoms with Crippen LogP contribution in [0, 0.1) is 5.92 Å². The van der Waals surface area contributed by atoms with Gasteiger partial charge in [0.05, 0.1) is 6.54 Å². The largest absolute Gasteiger partial charge is 0.352 e. The molecule has 6 heteroatoms. The number of amides is 2. The number of carbonyl (C=O) groups is 2. The third-order valence-corrected chi connectivity index (χ3v) is 5.68. The van der Waals surface area contributed by atoms with Crippen molar-refractivity contribution in [1.82, 2.24) is 15.5 Å². The molecule has 1 aliphatic carbocycles. The molecule has 1 aliphatic heterocycles. The first kappa shape index (κ1) is 19.2. The summed E-state index contributed by atoms with van der Waals surface area (Å²) in [5, 5.41) is 6.20. The van der Waals surface area contributed by atoms with Crippen molar-refractivity contribution in [2.45, 2.75) is 44.6 Å². The lowest BCUT2D eigenvalue weighted by Gasteiger charge is -2.33. The molecule has 2 N–H and O–H groups in total. The molecule has 0 aromatic heterocycles. The minimum Gasteiger partial charge on any atom is -0.352 e. The van der Waals surface area contributed by atoms with Gasteiger partial charge in [0.25, 0.3) is 5.91 Å². The third-order valence-electron chi connectivity index (χ3n) is 5.44. The number of likely N-dealkylation sites (tertiary alicyclic amines) is 1. The first-order valence-corrected chi connectivity index (χ1v) is 10.0. The normalized spacial score (nSPS) is 19.4. The molecule has 2 fully saturated rings. The Kier molecular flexibility index (Phi) is 6.92. The fraction of sp³-hybridized carbons (Fsp3) is 0.600. The highest BCUT2D eigenvalue weighted by Gasteiger charge is 2.24. The highest BCUT2D eigenvalue weighted by atomic mass is 35.5. The van der Waals surface area contributed by atoms with Crippen molar-refractivity contribution in [3.63, 3.8) is 0 Å². The average molecular weight is 378 g/mol. The van der Waals surface area contributed by atoms with Crippen LogP contribution in [0.3, 0.4) is 0 Å². The number of nitrogens with one attached hydrogen (secondary N) is 2. The number of hydrogen-bond donors (Lipinski definition) is 2. The van der Waals surface area contributed by atoms with Crippen LogP contribution in [0.4, 0.5) is 0 Å². The van der Waals surface area contributed by atoms with Crippen LogP contribution in [-0.2, 0) is 4.79 Å². The zero-order valence-electron chi connectivity index (χ0n) is 15.2. The molecular formula is C20H28ClN3O2. The first-order valence-electron chi connectivity index (χ1n) is 9.65. The lowest BCUT2D eigenvalue weighted by molar-refractivity contribution is -0.121. The third kappa shape index (κ3) is 5.71. The van der Waals surface area contributed by atoms with Crippen LogP contribution in [0.2, 0.25) is 5.02 Å². The highest BCUT2D eigenvalue weighted by molar-refractivity contribution is 6.30. The summed E-state index contributed by atoms with van der Waals surface area (Å²) >= 11 is 5.88. The minimum absolute atomic E-state index is 0.00631. The number of nitrogens with zero attached hydrogens (tertiary/aromatic N) is 1. The zero-order valence-corrected chi connectivity index (χ0v) is 15.9. The summed E-state index contributed by atoms with van der Waals surface area (Å²) in [4.78, 5) is 26.7. The summed E-state index contributed by atoms with van der Waals surface area (Å²) in [5.74, 6) is 0.464. The molecule has 142 valence electrons. The Morgan fingerprint density at radius 3 is 2.54 bits per heavy atom. The van der Waals surface area contributed by atoms with E-state index in [1.807, 2.05) is 0 Å². The Morgan fingerprint density at radius 2 is 1.85 bits per heavy atom. The van der Waals surface area contributed by atoms with Crippen molar-refractivity contribution in [2.24, 2.45) is 5.92 Å². The SMILES string of the molecule is O=C(CNC(=O)c1cccc(Cl)c1)NC1CCN(CC2CCCC2)CC1. The number of rotatable bonds is 6. The van der Waals surface area contributed by atoms with Gasteiger partial charge in [-0.2, -0.15) is 0 Å². The molecule has 0 spiro atoms. The number of benzene rings is 1. The number of carbonyl (C=O) groups excluding carboxylic acids is 2. The average Bonchev–Trinajstić information content (AvgIpc) is 3.14. The van der Waals surface area contributed by atoms with Crippen molar-refractivity contribution >= 4 is 23.4 Å². The number of hydrogen-bond acceptors (Lipinski definition) is 3. The van der Waals surface area contributed by atoms with E-state index in [1.165, 1.54) is 32.2 Å². The Labute approximate surface area is 160 Å². The summed E-state index contributed by atoms with van der Waals surface area (Å²) in [6, 6.07) is 6.92. The molecule has 5 nitrogen and oxygen atoms in total. The summed E-state index contributed by atoms with van der Waals surface area (Å²) in [6.45, 7) is 3.32. The Morgan fingerprint density at radius 1 is 1.12 bits per heavy atom. The molecule has 2 aliphatic rings. The van der Waals surface area contributed by atoms with Crippen LogP contribution in [0.25, 0.3) is 0 Å². The van der Waals surface area contributed by atoms with E-state index in [0.717, 1.165) is 31.8 Å². The number of halogens is 1. The Bertz CT molecular complexity index is 623. The molecule has 0 atom stereocenters. The van der Waals surface area contributed by atoms with Gasteiger partial charge in [-0.15, -0.1) is 0 Å². The maximum absolute atomic E-state index is 12.1. The van der Waals surface area contributed by atoms with Gasteiger partial charge in [-0.05, 0) is 49.8 Å². The van der Waals surface area contributed by atoms with Gasteiger partial charge in [0.2, 0.25) is 5.91 Å². The summed E-state index contributed by atoms with van der Waals surface area (Å²) in [5.41, 5.74) is 0.463. The second-order valence-corrected chi connectivity index (χ2v) is 7.92. The van der Waals surface area contributed by atoms with Gasteiger partial charge >= 0.3 is 0 Å². The van der Waals surface area contributed by atoms with Crippen molar-refractivity contribution in [3.8, 4) is 0 Å². The van der Waals surface area contributed by atoms with Crippen LogP contribution in [-0.4, -0.2) is 48.9 Å². The van der Waals surface area contributed by atoms with Crippen molar-refractivity contribution < 1.29 is 9.59 Å². The summed E-state index contributed by atoms with van der Waals surface area (Å²) < 4.78 is 0. The predicted octanol–water partition coefficient (Wildman–Crippen LogP) is 2.84. The molecule has 0 unspecified atom stereocenters. The lowest BCUT2D eigenvalue weighted by atomic mass is 10.0. The maximum Gasteiger partial charge on any atom is 0.251 e. The smallest absolute Gasteiger partial charge is 0.251 e. The second kappa shape index (κ2) is 9.38. The topological polar surface area (TPSA) is 61.4 Å². The van der Waals surface area contributed by atoms with E-state index in [-0.39, 0.29) is 24.4 Å².